The number of carbonyl (C=O) groups is 2. The molecule has 106 valence electrons. The third-order valence-corrected chi connectivity index (χ3v) is 4.04. The molecule has 3 unspecified atom stereocenters. The standard InChI is InChI=1S/C14H22N2O3/c1-9(2)12-4-3-7-16(12)14(19)15-11-6-5-10(8-11)13(17)18/h5-6,9-12H,3-4,7-8H2,1-2H3,(H,15,19)(H,17,18). The zero-order valence-electron chi connectivity index (χ0n) is 11.5. The van der Waals surface area contributed by atoms with Gasteiger partial charge in [-0.1, -0.05) is 26.0 Å². The van der Waals surface area contributed by atoms with E-state index in [9.17, 15) is 9.59 Å². The second-order valence-electron chi connectivity index (χ2n) is 5.77. The number of likely N-dealkylation sites (tertiary alicyclic amines) is 1. The van der Waals surface area contributed by atoms with Crippen LogP contribution in [0.5, 0.6) is 0 Å². The lowest BCUT2D eigenvalue weighted by Crippen LogP contribution is -2.47. The molecule has 1 fully saturated rings. The zero-order valence-corrected chi connectivity index (χ0v) is 11.5. The van der Waals surface area contributed by atoms with Crippen molar-refractivity contribution >= 4 is 12.0 Å². The Balaban J connectivity index is 1.88. The first kappa shape index (κ1) is 13.9. The van der Waals surface area contributed by atoms with Gasteiger partial charge in [0.25, 0.3) is 0 Å². The van der Waals surface area contributed by atoms with Crippen LogP contribution < -0.4 is 5.32 Å². The van der Waals surface area contributed by atoms with Crippen LogP contribution in [0.2, 0.25) is 0 Å². The maximum atomic E-state index is 12.2. The van der Waals surface area contributed by atoms with E-state index >= 15 is 0 Å². The summed E-state index contributed by atoms with van der Waals surface area (Å²) in [5.41, 5.74) is 0. The minimum atomic E-state index is -0.825. The van der Waals surface area contributed by atoms with Gasteiger partial charge in [-0.25, -0.2) is 4.79 Å². The van der Waals surface area contributed by atoms with Crippen LogP contribution in [-0.2, 0) is 4.79 Å². The Bertz CT molecular complexity index is 392. The van der Waals surface area contributed by atoms with Crippen molar-refractivity contribution in [2.75, 3.05) is 6.54 Å². The van der Waals surface area contributed by atoms with Gasteiger partial charge >= 0.3 is 12.0 Å². The Kier molecular flexibility index (Phi) is 4.12. The molecule has 0 aromatic heterocycles. The quantitative estimate of drug-likeness (QED) is 0.766. The number of carboxylic acid groups (broad SMARTS) is 1. The Morgan fingerprint density at radius 3 is 2.68 bits per heavy atom. The van der Waals surface area contributed by atoms with Crippen molar-refractivity contribution in [3.63, 3.8) is 0 Å². The van der Waals surface area contributed by atoms with Crippen molar-refractivity contribution < 1.29 is 14.7 Å². The number of carbonyl (C=O) groups excluding carboxylic acids is 1. The number of aliphatic carboxylic acids is 1. The van der Waals surface area contributed by atoms with Gasteiger partial charge < -0.3 is 15.3 Å². The molecule has 19 heavy (non-hydrogen) atoms. The molecule has 3 atom stereocenters. The largest absolute Gasteiger partial charge is 0.481 e. The second-order valence-corrected chi connectivity index (χ2v) is 5.77. The van der Waals surface area contributed by atoms with Crippen molar-refractivity contribution in [2.24, 2.45) is 11.8 Å². The second kappa shape index (κ2) is 5.63. The predicted octanol–water partition coefficient (Wildman–Crippen LogP) is 1.85. The molecular weight excluding hydrogens is 244 g/mol. The topological polar surface area (TPSA) is 69.6 Å². The molecule has 5 nitrogen and oxygen atoms in total. The highest BCUT2D eigenvalue weighted by Gasteiger charge is 2.33. The first-order chi connectivity index (χ1) is 8.99. The number of hydrogen-bond donors (Lipinski definition) is 2. The summed E-state index contributed by atoms with van der Waals surface area (Å²) in [6.07, 6.45) is 6.02. The molecule has 1 saturated heterocycles. The van der Waals surface area contributed by atoms with Crippen LogP contribution in [-0.4, -0.2) is 40.6 Å². The van der Waals surface area contributed by atoms with Gasteiger partial charge in [0, 0.05) is 12.6 Å². The molecule has 0 spiro atoms. The van der Waals surface area contributed by atoms with Gasteiger partial charge in [-0.2, -0.15) is 0 Å². The van der Waals surface area contributed by atoms with E-state index in [-0.39, 0.29) is 12.1 Å². The van der Waals surface area contributed by atoms with Gasteiger partial charge in [0.2, 0.25) is 0 Å². The molecule has 1 heterocycles. The number of nitrogens with zero attached hydrogens (tertiary/aromatic N) is 1. The Labute approximate surface area is 113 Å². The van der Waals surface area contributed by atoms with Crippen LogP contribution in [0.3, 0.4) is 0 Å². The first-order valence-corrected chi connectivity index (χ1v) is 6.97. The van der Waals surface area contributed by atoms with E-state index in [0.717, 1.165) is 19.4 Å². The van der Waals surface area contributed by atoms with Gasteiger partial charge in [0.15, 0.2) is 0 Å². The van der Waals surface area contributed by atoms with Gasteiger partial charge in [0.1, 0.15) is 0 Å². The molecular formula is C14H22N2O3. The van der Waals surface area contributed by atoms with Crippen molar-refractivity contribution in [1.29, 1.82) is 0 Å². The minimum absolute atomic E-state index is 0.0584. The first-order valence-electron chi connectivity index (χ1n) is 6.97. The van der Waals surface area contributed by atoms with Gasteiger partial charge in [-0.05, 0) is 25.2 Å². The van der Waals surface area contributed by atoms with Gasteiger partial charge in [0.05, 0.1) is 12.0 Å². The van der Waals surface area contributed by atoms with Crippen molar-refractivity contribution in [2.45, 2.75) is 45.2 Å². The van der Waals surface area contributed by atoms with E-state index in [4.69, 9.17) is 5.11 Å². The van der Waals surface area contributed by atoms with E-state index in [1.54, 1.807) is 12.2 Å². The summed E-state index contributed by atoms with van der Waals surface area (Å²) in [6.45, 7) is 5.06. The molecule has 0 saturated carbocycles. The highest BCUT2D eigenvalue weighted by molar-refractivity contribution is 5.77. The van der Waals surface area contributed by atoms with Gasteiger partial charge in [-0.15, -0.1) is 0 Å². The summed E-state index contributed by atoms with van der Waals surface area (Å²) in [7, 11) is 0. The van der Waals surface area contributed by atoms with E-state index in [0.29, 0.717) is 18.4 Å². The fourth-order valence-corrected chi connectivity index (χ4v) is 2.97. The fraction of sp³-hybridized carbons (Fsp3) is 0.714. The molecule has 2 aliphatic rings. The third-order valence-electron chi connectivity index (χ3n) is 4.04. The van der Waals surface area contributed by atoms with Crippen LogP contribution in [0.25, 0.3) is 0 Å². The Hall–Kier alpha value is -1.52. The Morgan fingerprint density at radius 2 is 2.11 bits per heavy atom. The molecule has 1 aliphatic carbocycles. The smallest absolute Gasteiger partial charge is 0.318 e. The molecule has 2 amide bonds. The number of carboxylic acids is 1. The minimum Gasteiger partial charge on any atom is -0.481 e. The maximum absolute atomic E-state index is 12.2. The molecule has 5 heteroatoms. The number of rotatable bonds is 3. The SMILES string of the molecule is CC(C)C1CCCN1C(=O)NC1C=CC(C(=O)O)C1. The molecule has 0 aromatic rings. The molecule has 1 aliphatic heterocycles. The zero-order chi connectivity index (χ0) is 14.0. The summed E-state index contributed by atoms with van der Waals surface area (Å²) in [4.78, 5) is 25.0. The van der Waals surface area contributed by atoms with Gasteiger partial charge in [-0.3, -0.25) is 4.79 Å². The lowest BCUT2D eigenvalue weighted by Gasteiger charge is -2.29. The highest BCUT2D eigenvalue weighted by Crippen LogP contribution is 2.24. The lowest BCUT2D eigenvalue weighted by atomic mass is 10.0. The van der Waals surface area contributed by atoms with Crippen molar-refractivity contribution in [3.8, 4) is 0 Å². The molecule has 0 radical (unpaired) electrons. The van der Waals surface area contributed by atoms with Crippen LogP contribution >= 0.6 is 0 Å². The maximum Gasteiger partial charge on any atom is 0.318 e. The third kappa shape index (κ3) is 3.08. The van der Waals surface area contributed by atoms with Crippen LogP contribution in [0, 0.1) is 11.8 Å². The van der Waals surface area contributed by atoms with E-state index in [1.165, 1.54) is 0 Å². The number of urea groups is 1. The highest BCUT2D eigenvalue weighted by atomic mass is 16.4. The van der Waals surface area contributed by atoms with E-state index in [2.05, 4.69) is 19.2 Å². The lowest BCUT2D eigenvalue weighted by molar-refractivity contribution is -0.140. The fourth-order valence-electron chi connectivity index (χ4n) is 2.97. The molecule has 0 aromatic carbocycles. The van der Waals surface area contributed by atoms with Crippen LogP contribution in [0.4, 0.5) is 4.79 Å². The molecule has 2 rings (SSSR count). The normalized spacial score (nSPS) is 30.1. The molecule has 2 N–H and O–H groups in total. The number of hydrogen-bond acceptors (Lipinski definition) is 2. The van der Waals surface area contributed by atoms with Crippen LogP contribution in [0.15, 0.2) is 12.2 Å². The Morgan fingerprint density at radius 1 is 1.37 bits per heavy atom. The van der Waals surface area contributed by atoms with Crippen molar-refractivity contribution in [3.05, 3.63) is 12.2 Å². The molecule has 0 bridgehead atoms. The monoisotopic (exact) mass is 266 g/mol. The van der Waals surface area contributed by atoms with Crippen molar-refractivity contribution in [1.82, 2.24) is 10.2 Å². The average Bonchev–Trinajstić information content (AvgIpc) is 2.96. The number of amides is 2. The summed E-state index contributed by atoms with van der Waals surface area (Å²) in [5.74, 6) is -0.835. The summed E-state index contributed by atoms with van der Waals surface area (Å²) >= 11 is 0. The van der Waals surface area contributed by atoms with Crippen LogP contribution in [0.1, 0.15) is 33.1 Å². The summed E-state index contributed by atoms with van der Waals surface area (Å²) in [6, 6.07) is 0.0968. The van der Waals surface area contributed by atoms with E-state index < -0.39 is 11.9 Å². The average molecular weight is 266 g/mol. The predicted molar refractivity (Wildman–Crippen MR) is 71.8 cm³/mol. The van der Waals surface area contributed by atoms with E-state index in [1.807, 2.05) is 4.90 Å². The summed E-state index contributed by atoms with van der Waals surface area (Å²) in [5, 5.41) is 11.8. The summed E-state index contributed by atoms with van der Waals surface area (Å²) < 4.78 is 0. The number of nitrogens with one attached hydrogen (secondary N) is 1.